The third kappa shape index (κ3) is 12.0. The van der Waals surface area contributed by atoms with Crippen LogP contribution in [0.3, 0.4) is 0 Å². The molecule has 0 saturated carbocycles. The molecule has 354 valence electrons. The van der Waals surface area contributed by atoms with Gasteiger partial charge in [-0.15, -0.1) is 0 Å². The average molecular weight is 913 g/mol. The first-order valence-electron chi connectivity index (χ1n) is 25.2. The molecular formula is C54H68N14. The van der Waals surface area contributed by atoms with Crippen LogP contribution in [0.2, 0.25) is 0 Å². The molecule has 14 heteroatoms. The Bertz CT molecular complexity index is 2600. The van der Waals surface area contributed by atoms with Crippen LogP contribution in [0.15, 0.2) is 78.9 Å². The fourth-order valence-corrected chi connectivity index (χ4v) is 10.6. The van der Waals surface area contributed by atoms with Crippen molar-refractivity contribution in [3.63, 3.8) is 0 Å². The van der Waals surface area contributed by atoms with Crippen molar-refractivity contribution in [1.29, 1.82) is 0 Å². The number of rotatable bonds is 14. The number of likely N-dealkylation sites (tertiary alicyclic amines) is 2. The fraction of sp³-hybridized carbons (Fsp3) is 0.444. The molecule has 4 saturated heterocycles. The first-order valence-corrected chi connectivity index (χ1v) is 25.2. The summed E-state index contributed by atoms with van der Waals surface area (Å²) in [6.07, 6.45) is 20.6. The van der Waals surface area contributed by atoms with Crippen molar-refractivity contribution in [2.45, 2.75) is 90.0 Å². The van der Waals surface area contributed by atoms with Gasteiger partial charge in [0, 0.05) is 74.4 Å². The number of aromatic nitrogens is 8. The van der Waals surface area contributed by atoms with Gasteiger partial charge in [-0.05, 0) is 138 Å². The predicted molar refractivity (Wildman–Crippen MR) is 277 cm³/mol. The zero-order valence-corrected chi connectivity index (χ0v) is 40.0. The van der Waals surface area contributed by atoms with Gasteiger partial charge in [0.25, 0.3) is 0 Å². The maximum Gasteiger partial charge on any atom is 0.156 e. The Morgan fingerprint density at radius 3 is 1.68 bits per heavy atom. The van der Waals surface area contributed by atoms with E-state index in [1.807, 2.05) is 50.3 Å². The minimum absolute atomic E-state index is 0.564. The standard InChI is InChI=1S/C54H68N14/c1-39-34-51(63-61-39)57-49-36-53(67-29-21-43(22-30-67)38-65-26-7-4-8-27-65)59-48(56-49)20-16-42-13-17-45(18-14-42)44-12-9-28-66(31-23-44)46-24-32-68(33-25-46)54-37-50(58-52-35-40(2)62-64-52)55-47(60-54)19-15-41-10-5-3-6-11-41/h3,5-6,10-11,13-20,34-37,43-44,46H,4,7-9,12,21-33,38H2,1-2H3,(H2,55,58,60,62,64)(H2,56,57,59,61,63)/b19-15+,20-16+. The summed E-state index contributed by atoms with van der Waals surface area (Å²) in [7, 11) is 0. The Hall–Kier alpha value is -6.38. The van der Waals surface area contributed by atoms with E-state index in [0.717, 1.165) is 115 Å². The van der Waals surface area contributed by atoms with E-state index in [-0.39, 0.29) is 0 Å². The van der Waals surface area contributed by atoms with E-state index in [2.05, 4.69) is 117 Å². The molecule has 6 aromatic rings. The number of aryl methyl sites for hydroxylation is 2. The molecule has 0 spiro atoms. The third-order valence-corrected chi connectivity index (χ3v) is 14.4. The van der Waals surface area contributed by atoms with E-state index in [1.54, 1.807) is 0 Å². The van der Waals surface area contributed by atoms with Gasteiger partial charge < -0.3 is 30.2 Å². The molecule has 2 aromatic carbocycles. The number of benzene rings is 2. The summed E-state index contributed by atoms with van der Waals surface area (Å²) in [5.74, 6) is 7.64. The van der Waals surface area contributed by atoms with Gasteiger partial charge in [-0.25, -0.2) is 19.9 Å². The van der Waals surface area contributed by atoms with Crippen LogP contribution in [0, 0.1) is 19.8 Å². The van der Waals surface area contributed by atoms with Crippen LogP contribution in [0.4, 0.5) is 34.9 Å². The molecule has 0 bridgehead atoms. The summed E-state index contributed by atoms with van der Waals surface area (Å²) in [5.41, 5.74) is 5.71. The lowest BCUT2D eigenvalue weighted by molar-refractivity contribution is 0.174. The molecular weight excluding hydrogens is 845 g/mol. The van der Waals surface area contributed by atoms with Gasteiger partial charge in [0.05, 0.1) is 0 Å². The van der Waals surface area contributed by atoms with Crippen molar-refractivity contribution in [2.75, 3.05) is 79.3 Å². The van der Waals surface area contributed by atoms with E-state index in [0.29, 0.717) is 23.6 Å². The van der Waals surface area contributed by atoms with Gasteiger partial charge >= 0.3 is 0 Å². The van der Waals surface area contributed by atoms with Gasteiger partial charge in [-0.1, -0.05) is 73.2 Å². The second-order valence-corrected chi connectivity index (χ2v) is 19.5. The molecule has 8 heterocycles. The zero-order chi connectivity index (χ0) is 46.1. The highest BCUT2D eigenvalue weighted by molar-refractivity contribution is 5.70. The molecule has 0 amide bonds. The van der Waals surface area contributed by atoms with Crippen molar-refractivity contribution in [1.82, 2.24) is 50.1 Å². The Morgan fingerprint density at radius 2 is 1.10 bits per heavy atom. The first kappa shape index (κ1) is 45.4. The number of hydrogen-bond acceptors (Lipinski definition) is 12. The molecule has 4 aromatic heterocycles. The van der Waals surface area contributed by atoms with E-state index >= 15 is 0 Å². The van der Waals surface area contributed by atoms with Crippen LogP contribution in [-0.2, 0) is 0 Å². The molecule has 0 aliphatic carbocycles. The van der Waals surface area contributed by atoms with Crippen LogP contribution >= 0.6 is 0 Å². The highest BCUT2D eigenvalue weighted by atomic mass is 15.3. The number of piperidine rings is 3. The minimum Gasteiger partial charge on any atom is -0.356 e. The molecule has 4 aliphatic heterocycles. The van der Waals surface area contributed by atoms with Gasteiger partial charge in [0.2, 0.25) is 0 Å². The Morgan fingerprint density at radius 1 is 0.529 bits per heavy atom. The van der Waals surface area contributed by atoms with Gasteiger partial charge in [-0.2, -0.15) is 10.2 Å². The first-order chi connectivity index (χ1) is 33.4. The van der Waals surface area contributed by atoms with Gasteiger partial charge in [0.15, 0.2) is 23.3 Å². The lowest BCUT2D eigenvalue weighted by Gasteiger charge is -2.38. The summed E-state index contributed by atoms with van der Waals surface area (Å²) in [5, 5.41) is 21.7. The molecule has 4 aliphatic rings. The number of H-pyrrole nitrogens is 2. The molecule has 68 heavy (non-hydrogen) atoms. The molecule has 14 nitrogen and oxygen atoms in total. The van der Waals surface area contributed by atoms with Crippen molar-refractivity contribution in [2.24, 2.45) is 5.92 Å². The molecule has 1 atom stereocenters. The molecule has 10 rings (SSSR count). The SMILES string of the molecule is Cc1cc(Nc2cc(N3CCC(CN4CCCCC4)CC3)nc(/C=C/c3ccc(C4CCCN(C5CCN(c6cc(Nc7cc(C)[nH]n7)nc(/C=C/c7ccccc7)n6)CC5)CC4)cc3)n2)n[nH]1. The largest absolute Gasteiger partial charge is 0.356 e. The van der Waals surface area contributed by atoms with Crippen molar-refractivity contribution in [3.05, 3.63) is 119 Å². The zero-order valence-electron chi connectivity index (χ0n) is 40.0. The van der Waals surface area contributed by atoms with Crippen LogP contribution < -0.4 is 20.4 Å². The van der Waals surface area contributed by atoms with E-state index in [1.165, 1.54) is 76.6 Å². The highest BCUT2D eigenvalue weighted by Gasteiger charge is 2.29. The smallest absolute Gasteiger partial charge is 0.156 e. The van der Waals surface area contributed by atoms with Crippen LogP contribution in [0.1, 0.15) is 110 Å². The molecule has 1 unspecified atom stereocenters. The summed E-state index contributed by atoms with van der Waals surface area (Å²) in [6.45, 7) is 14.0. The molecule has 4 N–H and O–H groups in total. The summed E-state index contributed by atoms with van der Waals surface area (Å²) in [4.78, 5) is 30.2. The van der Waals surface area contributed by atoms with Crippen molar-refractivity contribution in [3.8, 4) is 0 Å². The second kappa shape index (κ2) is 21.7. The number of aromatic amines is 2. The minimum atomic E-state index is 0.564. The van der Waals surface area contributed by atoms with Crippen LogP contribution in [0.25, 0.3) is 24.3 Å². The lowest BCUT2D eigenvalue weighted by Crippen LogP contribution is -2.45. The van der Waals surface area contributed by atoms with Gasteiger partial charge in [-0.3, -0.25) is 10.2 Å². The van der Waals surface area contributed by atoms with Crippen LogP contribution in [-0.4, -0.2) is 115 Å². The Kier molecular flexibility index (Phi) is 14.5. The number of hydrogen-bond donors (Lipinski definition) is 4. The third-order valence-electron chi connectivity index (χ3n) is 14.4. The summed E-state index contributed by atoms with van der Waals surface area (Å²) < 4.78 is 0. The quantitative estimate of drug-likeness (QED) is 0.0825. The summed E-state index contributed by atoms with van der Waals surface area (Å²) >= 11 is 0. The lowest BCUT2D eigenvalue weighted by atomic mass is 9.91. The molecule has 4 fully saturated rings. The number of nitrogens with zero attached hydrogens (tertiary/aromatic N) is 10. The van der Waals surface area contributed by atoms with Crippen molar-refractivity contribution >= 4 is 59.2 Å². The fourth-order valence-electron chi connectivity index (χ4n) is 10.6. The number of anilines is 6. The predicted octanol–water partition coefficient (Wildman–Crippen LogP) is 10.1. The highest BCUT2D eigenvalue weighted by Crippen LogP contribution is 2.33. The van der Waals surface area contributed by atoms with Crippen LogP contribution in [0.5, 0.6) is 0 Å². The Labute approximate surface area is 401 Å². The van der Waals surface area contributed by atoms with Gasteiger partial charge in [0.1, 0.15) is 23.3 Å². The normalized spacial score (nSPS) is 19.5. The van der Waals surface area contributed by atoms with E-state index in [9.17, 15) is 0 Å². The number of nitrogens with one attached hydrogen (secondary N) is 4. The maximum absolute atomic E-state index is 5.09. The Balaban J connectivity index is 0.746. The van der Waals surface area contributed by atoms with E-state index in [4.69, 9.17) is 19.9 Å². The monoisotopic (exact) mass is 913 g/mol. The second-order valence-electron chi connectivity index (χ2n) is 19.5. The van der Waals surface area contributed by atoms with E-state index < -0.39 is 0 Å². The summed E-state index contributed by atoms with van der Waals surface area (Å²) in [6, 6.07) is 28.2. The van der Waals surface area contributed by atoms with Crippen molar-refractivity contribution < 1.29 is 0 Å². The maximum atomic E-state index is 5.09. The average Bonchev–Trinajstić information content (AvgIpc) is 3.89. The topological polar surface area (TPSA) is 146 Å². The molecule has 0 radical (unpaired) electrons.